The van der Waals surface area contributed by atoms with E-state index in [2.05, 4.69) is 5.32 Å². The third-order valence-corrected chi connectivity index (χ3v) is 2.55. The summed E-state index contributed by atoms with van der Waals surface area (Å²) in [5, 5.41) is 13.6. The second kappa shape index (κ2) is 5.43. The molecule has 0 heterocycles. The van der Waals surface area contributed by atoms with Gasteiger partial charge in [0.1, 0.15) is 11.6 Å². The van der Waals surface area contributed by atoms with Gasteiger partial charge in [-0.25, -0.2) is 8.78 Å². The van der Waals surface area contributed by atoms with Gasteiger partial charge in [0.25, 0.3) is 5.69 Å². The number of nitrogens with zero attached hydrogens (tertiary/aromatic N) is 1. The topological polar surface area (TPSA) is 55.2 Å². The monoisotopic (exact) mass is 264 g/mol. The zero-order valence-corrected chi connectivity index (χ0v) is 9.77. The average Bonchev–Trinajstić information content (AvgIpc) is 2.36. The second-order valence-electron chi connectivity index (χ2n) is 3.89. The Hall–Kier alpha value is -2.50. The predicted molar refractivity (Wildman–Crippen MR) is 66.8 cm³/mol. The highest BCUT2D eigenvalue weighted by atomic mass is 19.1. The van der Waals surface area contributed by atoms with E-state index >= 15 is 0 Å². The Kier molecular flexibility index (Phi) is 3.70. The number of nitro benzene ring substituents is 1. The third kappa shape index (κ3) is 3.25. The highest BCUT2D eigenvalue weighted by Gasteiger charge is 2.14. The van der Waals surface area contributed by atoms with Crippen molar-refractivity contribution in [3.05, 3.63) is 69.8 Å². The first-order valence-corrected chi connectivity index (χ1v) is 5.48. The number of benzene rings is 2. The molecule has 0 saturated heterocycles. The molecule has 0 radical (unpaired) electrons. The van der Waals surface area contributed by atoms with E-state index in [-0.39, 0.29) is 17.8 Å². The maximum Gasteiger partial charge on any atom is 0.274 e. The number of hydrogen-bond donors (Lipinski definition) is 1. The van der Waals surface area contributed by atoms with E-state index in [1.807, 2.05) is 0 Å². The van der Waals surface area contributed by atoms with Gasteiger partial charge in [0.2, 0.25) is 0 Å². The largest absolute Gasteiger partial charge is 0.381 e. The van der Waals surface area contributed by atoms with Crippen molar-refractivity contribution in [2.45, 2.75) is 6.54 Å². The SMILES string of the molecule is O=[N+]([O-])c1ccc(F)cc1CNc1cccc(F)c1. The molecule has 2 rings (SSSR count). The summed E-state index contributed by atoms with van der Waals surface area (Å²) in [5.41, 5.74) is 0.498. The molecule has 0 spiro atoms. The molecule has 0 saturated carbocycles. The molecule has 0 unspecified atom stereocenters. The molecule has 1 N–H and O–H groups in total. The minimum absolute atomic E-state index is 0.0392. The second-order valence-corrected chi connectivity index (χ2v) is 3.89. The molecular formula is C13H10F2N2O2. The molecule has 98 valence electrons. The van der Waals surface area contributed by atoms with Crippen LogP contribution in [0.25, 0.3) is 0 Å². The molecule has 4 nitrogen and oxygen atoms in total. The van der Waals surface area contributed by atoms with Crippen LogP contribution in [-0.2, 0) is 6.54 Å². The highest BCUT2D eigenvalue weighted by molar-refractivity contribution is 5.47. The third-order valence-electron chi connectivity index (χ3n) is 2.55. The molecule has 0 aliphatic rings. The maximum absolute atomic E-state index is 13.1. The van der Waals surface area contributed by atoms with Crippen LogP contribution in [0.2, 0.25) is 0 Å². The lowest BCUT2D eigenvalue weighted by atomic mass is 10.1. The van der Waals surface area contributed by atoms with E-state index in [4.69, 9.17) is 0 Å². The Morgan fingerprint density at radius 1 is 1.11 bits per heavy atom. The molecule has 0 amide bonds. The lowest BCUT2D eigenvalue weighted by molar-refractivity contribution is -0.385. The Labute approximate surface area is 107 Å². The van der Waals surface area contributed by atoms with E-state index < -0.39 is 16.6 Å². The van der Waals surface area contributed by atoms with Gasteiger partial charge in [0.05, 0.1) is 10.5 Å². The summed E-state index contributed by atoms with van der Waals surface area (Å²) in [6.45, 7) is 0.0392. The number of halogens is 2. The molecule has 0 aliphatic heterocycles. The minimum atomic E-state index is -0.581. The molecular weight excluding hydrogens is 254 g/mol. The molecule has 6 heteroatoms. The molecule has 0 bridgehead atoms. The first-order valence-electron chi connectivity index (χ1n) is 5.48. The van der Waals surface area contributed by atoms with Crippen LogP contribution in [-0.4, -0.2) is 4.92 Å². The fourth-order valence-electron chi connectivity index (χ4n) is 1.67. The van der Waals surface area contributed by atoms with E-state index in [0.29, 0.717) is 5.69 Å². The molecule has 2 aromatic rings. The van der Waals surface area contributed by atoms with Crippen LogP contribution >= 0.6 is 0 Å². The van der Waals surface area contributed by atoms with Crippen LogP contribution in [0.15, 0.2) is 42.5 Å². The van der Waals surface area contributed by atoms with Crippen LogP contribution in [0, 0.1) is 21.7 Å². The van der Waals surface area contributed by atoms with Gasteiger partial charge in [-0.2, -0.15) is 0 Å². The molecule has 0 aromatic heterocycles. The molecule has 0 aliphatic carbocycles. The predicted octanol–water partition coefficient (Wildman–Crippen LogP) is 3.49. The van der Waals surface area contributed by atoms with E-state index in [9.17, 15) is 18.9 Å². The summed E-state index contributed by atoms with van der Waals surface area (Å²) < 4.78 is 26.0. The lowest BCUT2D eigenvalue weighted by Gasteiger charge is -2.07. The Morgan fingerprint density at radius 3 is 2.53 bits per heavy atom. The zero-order valence-electron chi connectivity index (χ0n) is 9.77. The molecule has 19 heavy (non-hydrogen) atoms. The Balaban J connectivity index is 2.19. The van der Waals surface area contributed by atoms with Crippen molar-refractivity contribution in [1.29, 1.82) is 0 Å². The standard InChI is InChI=1S/C13H10F2N2O2/c14-10-2-1-3-12(7-10)16-8-9-6-11(15)4-5-13(9)17(18)19/h1-7,16H,8H2. The van der Waals surface area contributed by atoms with Crippen LogP contribution in [0.1, 0.15) is 5.56 Å². The van der Waals surface area contributed by atoms with Crippen molar-refractivity contribution in [2.24, 2.45) is 0 Å². The van der Waals surface area contributed by atoms with Gasteiger partial charge >= 0.3 is 0 Å². The maximum atomic E-state index is 13.1. The van der Waals surface area contributed by atoms with Crippen molar-refractivity contribution in [1.82, 2.24) is 0 Å². The molecule has 0 fully saturated rings. The van der Waals surface area contributed by atoms with Crippen molar-refractivity contribution >= 4 is 11.4 Å². The van der Waals surface area contributed by atoms with Gasteiger partial charge in [-0.05, 0) is 30.3 Å². The summed E-state index contributed by atoms with van der Waals surface area (Å²) in [6, 6.07) is 8.90. The normalized spacial score (nSPS) is 10.2. The van der Waals surface area contributed by atoms with Crippen molar-refractivity contribution in [3.63, 3.8) is 0 Å². The number of nitro groups is 1. The van der Waals surface area contributed by atoms with E-state index in [1.54, 1.807) is 6.07 Å². The van der Waals surface area contributed by atoms with Gasteiger partial charge < -0.3 is 5.32 Å². The van der Waals surface area contributed by atoms with E-state index in [1.165, 1.54) is 18.2 Å². The van der Waals surface area contributed by atoms with Crippen molar-refractivity contribution in [2.75, 3.05) is 5.32 Å². The fraction of sp³-hybridized carbons (Fsp3) is 0.0769. The van der Waals surface area contributed by atoms with E-state index in [0.717, 1.165) is 18.2 Å². The number of nitrogens with one attached hydrogen (secondary N) is 1. The Morgan fingerprint density at radius 2 is 1.84 bits per heavy atom. The van der Waals surface area contributed by atoms with Gasteiger partial charge in [-0.1, -0.05) is 6.07 Å². The van der Waals surface area contributed by atoms with Crippen LogP contribution in [0.5, 0.6) is 0 Å². The van der Waals surface area contributed by atoms with Crippen LogP contribution < -0.4 is 5.32 Å². The van der Waals surface area contributed by atoms with Gasteiger partial charge in [-0.3, -0.25) is 10.1 Å². The fourth-order valence-corrected chi connectivity index (χ4v) is 1.67. The first-order chi connectivity index (χ1) is 9.06. The van der Waals surface area contributed by atoms with Crippen molar-refractivity contribution < 1.29 is 13.7 Å². The Bertz CT molecular complexity index is 617. The van der Waals surface area contributed by atoms with Gasteiger partial charge in [0, 0.05) is 18.3 Å². The summed E-state index contributed by atoms with van der Waals surface area (Å²) in [5.74, 6) is -0.972. The summed E-state index contributed by atoms with van der Waals surface area (Å²) in [7, 11) is 0. The zero-order chi connectivity index (χ0) is 13.8. The highest BCUT2D eigenvalue weighted by Crippen LogP contribution is 2.21. The van der Waals surface area contributed by atoms with Crippen molar-refractivity contribution in [3.8, 4) is 0 Å². The van der Waals surface area contributed by atoms with Crippen LogP contribution in [0.4, 0.5) is 20.2 Å². The number of anilines is 1. The minimum Gasteiger partial charge on any atom is -0.381 e. The van der Waals surface area contributed by atoms with Crippen LogP contribution in [0.3, 0.4) is 0 Å². The first kappa shape index (κ1) is 12.9. The average molecular weight is 264 g/mol. The van der Waals surface area contributed by atoms with Gasteiger partial charge in [-0.15, -0.1) is 0 Å². The van der Waals surface area contributed by atoms with Gasteiger partial charge in [0.15, 0.2) is 0 Å². The lowest BCUT2D eigenvalue weighted by Crippen LogP contribution is -2.03. The summed E-state index contributed by atoms with van der Waals surface area (Å²) in [4.78, 5) is 10.2. The molecule has 2 aromatic carbocycles. The molecule has 0 atom stereocenters. The summed E-state index contributed by atoms with van der Waals surface area (Å²) in [6.07, 6.45) is 0. The quantitative estimate of drug-likeness (QED) is 0.679. The smallest absolute Gasteiger partial charge is 0.274 e. The summed E-state index contributed by atoms with van der Waals surface area (Å²) >= 11 is 0. The number of rotatable bonds is 4. The number of hydrogen-bond acceptors (Lipinski definition) is 3.